The summed E-state index contributed by atoms with van der Waals surface area (Å²) < 4.78 is 7.00. The molecule has 2 heterocycles. The third kappa shape index (κ3) is 4.78. The van der Waals surface area contributed by atoms with E-state index in [1.807, 2.05) is 66.2 Å². The maximum absolute atomic E-state index is 12.8. The number of hydrogen-bond donors (Lipinski definition) is 2. The first-order valence-electron chi connectivity index (χ1n) is 10.6. The Bertz CT molecular complexity index is 1240. The number of methoxy groups -OCH3 is 1. The Labute approximate surface area is 197 Å². The van der Waals surface area contributed by atoms with Gasteiger partial charge in [-0.1, -0.05) is 0 Å². The number of amides is 4. The van der Waals surface area contributed by atoms with Crippen LogP contribution in [0.15, 0.2) is 72.6 Å². The molecule has 2 N–H and O–H groups in total. The van der Waals surface area contributed by atoms with Gasteiger partial charge >= 0.3 is 6.03 Å². The van der Waals surface area contributed by atoms with Gasteiger partial charge in [0.1, 0.15) is 18.0 Å². The van der Waals surface area contributed by atoms with Crippen LogP contribution in [-0.4, -0.2) is 55.1 Å². The highest BCUT2D eigenvalue weighted by molar-refractivity contribution is 6.15. The van der Waals surface area contributed by atoms with Gasteiger partial charge in [0.15, 0.2) is 0 Å². The van der Waals surface area contributed by atoms with Crippen molar-refractivity contribution in [1.82, 2.24) is 14.8 Å². The normalized spacial score (nSPS) is 14.3. The van der Waals surface area contributed by atoms with Gasteiger partial charge in [-0.15, -0.1) is 0 Å². The molecular weight excluding hydrogens is 434 g/mol. The Hall–Kier alpha value is -4.53. The molecule has 0 bridgehead atoms. The standard InChI is InChI=1S/C25H25N5O4/c1-28(2)18-8-10-19(11-9-18)29-14-4-5-20(29)15-22-24(32)30(25(33)27-22)16-23(31)26-17-6-12-21(34-3)13-7-17/h4-15H,16H2,1-3H3,(H,26,31)(H,27,33)/b22-15-. The lowest BCUT2D eigenvalue weighted by Gasteiger charge is -2.14. The monoisotopic (exact) mass is 459 g/mol. The highest BCUT2D eigenvalue weighted by Crippen LogP contribution is 2.21. The van der Waals surface area contributed by atoms with Crippen LogP contribution < -0.4 is 20.3 Å². The number of urea groups is 1. The summed E-state index contributed by atoms with van der Waals surface area (Å²) in [5.74, 6) is -0.398. The molecule has 4 rings (SSSR count). The molecule has 2 aromatic carbocycles. The molecule has 9 nitrogen and oxygen atoms in total. The van der Waals surface area contributed by atoms with E-state index in [1.165, 1.54) is 0 Å². The maximum Gasteiger partial charge on any atom is 0.329 e. The van der Waals surface area contributed by atoms with Gasteiger partial charge in [-0.25, -0.2) is 9.69 Å². The minimum Gasteiger partial charge on any atom is -0.497 e. The summed E-state index contributed by atoms with van der Waals surface area (Å²) in [5, 5.41) is 5.23. The van der Waals surface area contributed by atoms with Gasteiger partial charge in [-0.05, 0) is 66.7 Å². The van der Waals surface area contributed by atoms with Crippen LogP contribution in [0.4, 0.5) is 16.2 Å². The molecule has 0 saturated carbocycles. The Kier molecular flexibility index (Phi) is 6.35. The van der Waals surface area contributed by atoms with Crippen molar-refractivity contribution in [2.75, 3.05) is 38.0 Å². The lowest BCUT2D eigenvalue weighted by atomic mass is 10.2. The summed E-state index contributed by atoms with van der Waals surface area (Å²) >= 11 is 0. The predicted molar refractivity (Wildman–Crippen MR) is 130 cm³/mol. The molecule has 174 valence electrons. The molecule has 0 aliphatic carbocycles. The zero-order valence-electron chi connectivity index (χ0n) is 19.1. The lowest BCUT2D eigenvalue weighted by Crippen LogP contribution is -2.38. The van der Waals surface area contributed by atoms with Crippen LogP contribution in [0.3, 0.4) is 0 Å². The van der Waals surface area contributed by atoms with Crippen molar-refractivity contribution < 1.29 is 19.1 Å². The number of rotatable bonds is 7. The second-order valence-electron chi connectivity index (χ2n) is 7.87. The average Bonchev–Trinajstić information content (AvgIpc) is 3.39. The summed E-state index contributed by atoms with van der Waals surface area (Å²) in [6.45, 7) is -0.402. The zero-order chi connectivity index (χ0) is 24.2. The van der Waals surface area contributed by atoms with E-state index >= 15 is 0 Å². The second-order valence-corrected chi connectivity index (χ2v) is 7.87. The second kappa shape index (κ2) is 9.53. The van der Waals surface area contributed by atoms with Crippen molar-refractivity contribution >= 4 is 35.3 Å². The molecule has 9 heteroatoms. The van der Waals surface area contributed by atoms with Crippen LogP contribution in [0.1, 0.15) is 5.69 Å². The predicted octanol–water partition coefficient (Wildman–Crippen LogP) is 3.08. The molecule has 1 fully saturated rings. The summed E-state index contributed by atoms with van der Waals surface area (Å²) in [6.07, 6.45) is 3.47. The topological polar surface area (TPSA) is 95.9 Å². The number of ether oxygens (including phenoxy) is 1. The number of aromatic nitrogens is 1. The number of carbonyl (C=O) groups excluding carboxylic acids is 3. The molecule has 1 aliphatic heterocycles. The molecule has 3 aromatic rings. The van der Waals surface area contributed by atoms with Gasteiger partial charge in [0.2, 0.25) is 5.91 Å². The number of nitrogens with zero attached hydrogens (tertiary/aromatic N) is 3. The van der Waals surface area contributed by atoms with Crippen LogP contribution in [0.5, 0.6) is 5.75 Å². The van der Waals surface area contributed by atoms with E-state index in [-0.39, 0.29) is 5.70 Å². The van der Waals surface area contributed by atoms with Gasteiger partial charge in [-0.3, -0.25) is 9.59 Å². The smallest absolute Gasteiger partial charge is 0.329 e. The Morgan fingerprint density at radius 2 is 1.76 bits per heavy atom. The Morgan fingerprint density at radius 1 is 1.06 bits per heavy atom. The first-order chi connectivity index (χ1) is 16.4. The molecule has 4 amide bonds. The molecule has 0 spiro atoms. The van der Waals surface area contributed by atoms with Gasteiger partial charge in [0.25, 0.3) is 5.91 Å². The maximum atomic E-state index is 12.8. The lowest BCUT2D eigenvalue weighted by molar-refractivity contribution is -0.127. The molecular formula is C25H25N5O4. The Balaban J connectivity index is 1.47. The summed E-state index contributed by atoms with van der Waals surface area (Å²) in [5.41, 5.74) is 3.33. The number of imide groups is 1. The van der Waals surface area contributed by atoms with Gasteiger partial charge in [0.05, 0.1) is 7.11 Å². The number of carbonyl (C=O) groups is 3. The highest BCUT2D eigenvalue weighted by atomic mass is 16.5. The first-order valence-corrected chi connectivity index (χ1v) is 10.6. The number of benzene rings is 2. The van der Waals surface area contributed by atoms with E-state index in [1.54, 1.807) is 37.5 Å². The van der Waals surface area contributed by atoms with E-state index < -0.39 is 24.4 Å². The quantitative estimate of drug-likeness (QED) is 0.418. The molecule has 1 saturated heterocycles. The number of nitrogens with one attached hydrogen (secondary N) is 2. The summed E-state index contributed by atoms with van der Waals surface area (Å²) in [7, 11) is 5.49. The summed E-state index contributed by atoms with van der Waals surface area (Å²) in [6, 6.07) is 17.7. The van der Waals surface area contributed by atoms with Crippen LogP contribution in [-0.2, 0) is 9.59 Å². The van der Waals surface area contributed by atoms with Crippen molar-refractivity contribution in [3.8, 4) is 11.4 Å². The third-order valence-corrected chi connectivity index (χ3v) is 5.35. The van der Waals surface area contributed by atoms with E-state index in [2.05, 4.69) is 10.6 Å². The fourth-order valence-electron chi connectivity index (χ4n) is 3.54. The minimum atomic E-state index is -0.644. The molecule has 34 heavy (non-hydrogen) atoms. The van der Waals surface area contributed by atoms with Crippen molar-refractivity contribution in [1.29, 1.82) is 0 Å². The number of hydrogen-bond acceptors (Lipinski definition) is 5. The van der Waals surface area contributed by atoms with Gasteiger partial charge < -0.3 is 24.8 Å². The van der Waals surface area contributed by atoms with Crippen LogP contribution in [0, 0.1) is 0 Å². The molecule has 0 atom stereocenters. The first kappa shape index (κ1) is 22.7. The minimum absolute atomic E-state index is 0.104. The Morgan fingerprint density at radius 3 is 2.41 bits per heavy atom. The summed E-state index contributed by atoms with van der Waals surface area (Å²) in [4.78, 5) is 40.5. The largest absolute Gasteiger partial charge is 0.497 e. The molecule has 0 unspecified atom stereocenters. The molecule has 0 radical (unpaired) electrons. The SMILES string of the molecule is COc1ccc(NC(=O)CN2C(=O)N/C(=C\c3cccn3-c3ccc(N(C)C)cc3)C2=O)cc1. The van der Waals surface area contributed by atoms with Crippen molar-refractivity contribution in [3.05, 3.63) is 78.3 Å². The fourth-order valence-corrected chi connectivity index (χ4v) is 3.54. The van der Waals surface area contributed by atoms with Crippen LogP contribution in [0.25, 0.3) is 11.8 Å². The van der Waals surface area contributed by atoms with Gasteiger partial charge in [0, 0.05) is 43.0 Å². The van der Waals surface area contributed by atoms with Crippen molar-refractivity contribution in [2.24, 2.45) is 0 Å². The fraction of sp³-hybridized carbons (Fsp3) is 0.160. The van der Waals surface area contributed by atoms with E-state index in [0.29, 0.717) is 17.1 Å². The highest BCUT2D eigenvalue weighted by Gasteiger charge is 2.35. The zero-order valence-corrected chi connectivity index (χ0v) is 19.1. The van der Waals surface area contributed by atoms with E-state index in [0.717, 1.165) is 16.3 Å². The number of anilines is 2. The van der Waals surface area contributed by atoms with Gasteiger partial charge in [-0.2, -0.15) is 0 Å². The average molecular weight is 460 g/mol. The van der Waals surface area contributed by atoms with Crippen LogP contribution in [0.2, 0.25) is 0 Å². The van der Waals surface area contributed by atoms with Crippen molar-refractivity contribution in [3.63, 3.8) is 0 Å². The molecule has 1 aromatic heterocycles. The van der Waals surface area contributed by atoms with E-state index in [9.17, 15) is 14.4 Å². The van der Waals surface area contributed by atoms with Crippen LogP contribution >= 0.6 is 0 Å². The van der Waals surface area contributed by atoms with E-state index in [4.69, 9.17) is 4.74 Å². The molecule has 1 aliphatic rings. The van der Waals surface area contributed by atoms with Crippen molar-refractivity contribution in [2.45, 2.75) is 0 Å². The third-order valence-electron chi connectivity index (χ3n) is 5.35.